The van der Waals surface area contributed by atoms with Gasteiger partial charge in [-0.25, -0.2) is 0 Å². The van der Waals surface area contributed by atoms with Crippen molar-refractivity contribution >= 4 is 0 Å². The summed E-state index contributed by atoms with van der Waals surface area (Å²) in [5.74, 6) is 3.50. The Morgan fingerprint density at radius 1 is 0.955 bits per heavy atom. The molecule has 3 aromatic rings. The summed E-state index contributed by atoms with van der Waals surface area (Å²) in [5, 5.41) is 4.04. The minimum atomic E-state index is 0.477. The Kier molecular flexibility index (Phi) is 3.15. The number of aryl methyl sites for hydroxylation is 1. The number of rotatable bonds is 4. The smallest absolute Gasteiger partial charge is 0.230 e. The SMILES string of the molecule is Cc1ccc(Oc2ccc(-c3noc(C4CC4)n3)cc2)cc1. The molecule has 0 N–H and O–H groups in total. The van der Waals surface area contributed by atoms with Crippen molar-refractivity contribution in [1.82, 2.24) is 10.1 Å². The molecule has 0 unspecified atom stereocenters. The molecule has 4 heteroatoms. The van der Waals surface area contributed by atoms with Crippen molar-refractivity contribution in [3.05, 3.63) is 60.0 Å². The fourth-order valence-electron chi connectivity index (χ4n) is 2.26. The van der Waals surface area contributed by atoms with Crippen LogP contribution in [0.2, 0.25) is 0 Å². The topological polar surface area (TPSA) is 48.2 Å². The molecule has 1 saturated carbocycles. The third-order valence-electron chi connectivity index (χ3n) is 3.74. The highest BCUT2D eigenvalue weighted by atomic mass is 16.5. The van der Waals surface area contributed by atoms with E-state index in [4.69, 9.17) is 9.26 Å². The van der Waals surface area contributed by atoms with Gasteiger partial charge in [0.2, 0.25) is 11.7 Å². The molecule has 1 fully saturated rings. The number of ether oxygens (including phenoxy) is 1. The molecule has 110 valence electrons. The lowest BCUT2D eigenvalue weighted by molar-refractivity contribution is 0.380. The van der Waals surface area contributed by atoms with E-state index >= 15 is 0 Å². The monoisotopic (exact) mass is 292 g/mol. The molecule has 0 saturated heterocycles. The van der Waals surface area contributed by atoms with Crippen LogP contribution in [0.25, 0.3) is 11.4 Å². The van der Waals surface area contributed by atoms with Crippen molar-refractivity contribution in [2.24, 2.45) is 0 Å². The summed E-state index contributed by atoms with van der Waals surface area (Å²) in [6, 6.07) is 15.7. The summed E-state index contributed by atoms with van der Waals surface area (Å²) in [4.78, 5) is 4.45. The van der Waals surface area contributed by atoms with Crippen LogP contribution in [0.15, 0.2) is 53.1 Å². The molecule has 1 heterocycles. The van der Waals surface area contributed by atoms with E-state index in [1.165, 1.54) is 5.56 Å². The van der Waals surface area contributed by atoms with Gasteiger partial charge in [-0.3, -0.25) is 0 Å². The lowest BCUT2D eigenvalue weighted by Gasteiger charge is -2.06. The quantitative estimate of drug-likeness (QED) is 0.698. The largest absolute Gasteiger partial charge is 0.457 e. The molecule has 0 spiro atoms. The molecule has 22 heavy (non-hydrogen) atoms. The van der Waals surface area contributed by atoms with Gasteiger partial charge in [-0.15, -0.1) is 0 Å². The van der Waals surface area contributed by atoms with Gasteiger partial charge in [-0.1, -0.05) is 22.9 Å². The van der Waals surface area contributed by atoms with E-state index in [2.05, 4.69) is 17.1 Å². The van der Waals surface area contributed by atoms with Gasteiger partial charge in [-0.2, -0.15) is 4.98 Å². The summed E-state index contributed by atoms with van der Waals surface area (Å²) >= 11 is 0. The fraction of sp³-hybridized carbons (Fsp3) is 0.222. The molecule has 0 aliphatic heterocycles. The third-order valence-corrected chi connectivity index (χ3v) is 3.74. The van der Waals surface area contributed by atoms with Crippen LogP contribution < -0.4 is 4.74 Å². The van der Waals surface area contributed by atoms with Crippen molar-refractivity contribution < 1.29 is 9.26 Å². The molecule has 1 aliphatic rings. The van der Waals surface area contributed by atoms with Crippen molar-refractivity contribution in [2.45, 2.75) is 25.7 Å². The summed E-state index contributed by atoms with van der Waals surface area (Å²) < 4.78 is 11.1. The number of aromatic nitrogens is 2. The van der Waals surface area contributed by atoms with Gasteiger partial charge in [0.15, 0.2) is 0 Å². The van der Waals surface area contributed by atoms with Gasteiger partial charge in [0.25, 0.3) is 0 Å². The Balaban J connectivity index is 1.50. The van der Waals surface area contributed by atoms with E-state index in [1.54, 1.807) is 0 Å². The second-order valence-electron chi connectivity index (χ2n) is 5.67. The van der Waals surface area contributed by atoms with E-state index in [1.807, 2.05) is 48.5 Å². The lowest BCUT2D eigenvalue weighted by Crippen LogP contribution is -1.86. The van der Waals surface area contributed by atoms with E-state index in [-0.39, 0.29) is 0 Å². The Morgan fingerprint density at radius 2 is 1.59 bits per heavy atom. The van der Waals surface area contributed by atoms with Gasteiger partial charge in [0.05, 0.1) is 0 Å². The first-order chi connectivity index (χ1) is 10.8. The summed E-state index contributed by atoms with van der Waals surface area (Å²) in [6.07, 6.45) is 2.32. The zero-order chi connectivity index (χ0) is 14.9. The highest BCUT2D eigenvalue weighted by Gasteiger charge is 2.29. The zero-order valence-electron chi connectivity index (χ0n) is 12.3. The maximum Gasteiger partial charge on any atom is 0.230 e. The zero-order valence-corrected chi connectivity index (χ0v) is 12.3. The average molecular weight is 292 g/mol. The molecule has 1 aromatic heterocycles. The van der Waals surface area contributed by atoms with Crippen molar-refractivity contribution in [2.75, 3.05) is 0 Å². The Labute approximate surface area is 128 Å². The highest BCUT2D eigenvalue weighted by molar-refractivity contribution is 5.56. The summed E-state index contributed by atoms with van der Waals surface area (Å²) in [7, 11) is 0. The molecule has 0 atom stereocenters. The lowest BCUT2D eigenvalue weighted by atomic mass is 10.2. The predicted octanol–water partition coefficient (Wildman–Crippen LogP) is 4.71. The number of nitrogens with zero attached hydrogens (tertiary/aromatic N) is 2. The van der Waals surface area contributed by atoms with E-state index in [9.17, 15) is 0 Å². The minimum Gasteiger partial charge on any atom is -0.457 e. The molecular formula is C18H16N2O2. The van der Waals surface area contributed by atoms with Crippen LogP contribution in [0.4, 0.5) is 0 Å². The predicted molar refractivity (Wildman–Crippen MR) is 83.0 cm³/mol. The molecule has 2 aromatic carbocycles. The molecule has 1 aliphatic carbocycles. The van der Waals surface area contributed by atoms with Crippen LogP contribution in [0.3, 0.4) is 0 Å². The van der Waals surface area contributed by atoms with Gasteiger partial charge in [0.1, 0.15) is 11.5 Å². The second kappa shape index (κ2) is 5.30. The molecule has 0 radical (unpaired) electrons. The van der Waals surface area contributed by atoms with Crippen LogP contribution in [-0.4, -0.2) is 10.1 Å². The maximum absolute atomic E-state index is 5.81. The highest BCUT2D eigenvalue weighted by Crippen LogP contribution is 2.39. The van der Waals surface area contributed by atoms with Gasteiger partial charge in [0, 0.05) is 11.5 Å². The molecular weight excluding hydrogens is 276 g/mol. The molecule has 0 amide bonds. The average Bonchev–Trinajstić information content (AvgIpc) is 3.28. The first-order valence-electron chi connectivity index (χ1n) is 7.46. The van der Waals surface area contributed by atoms with Gasteiger partial charge >= 0.3 is 0 Å². The van der Waals surface area contributed by atoms with Crippen LogP contribution in [-0.2, 0) is 0 Å². The fourth-order valence-corrected chi connectivity index (χ4v) is 2.26. The van der Waals surface area contributed by atoms with Crippen molar-refractivity contribution in [1.29, 1.82) is 0 Å². The van der Waals surface area contributed by atoms with Crippen molar-refractivity contribution in [3.8, 4) is 22.9 Å². The first kappa shape index (κ1) is 13.1. The Hall–Kier alpha value is -2.62. The normalized spacial score (nSPS) is 14.0. The number of hydrogen-bond acceptors (Lipinski definition) is 4. The number of hydrogen-bond donors (Lipinski definition) is 0. The molecule has 4 nitrogen and oxygen atoms in total. The minimum absolute atomic E-state index is 0.477. The van der Waals surface area contributed by atoms with Crippen LogP contribution in [0.1, 0.15) is 30.2 Å². The summed E-state index contributed by atoms with van der Waals surface area (Å²) in [5.41, 5.74) is 2.15. The van der Waals surface area contributed by atoms with E-state index in [0.717, 1.165) is 35.8 Å². The van der Waals surface area contributed by atoms with Crippen LogP contribution >= 0.6 is 0 Å². The number of benzene rings is 2. The Morgan fingerprint density at radius 3 is 2.23 bits per heavy atom. The van der Waals surface area contributed by atoms with Gasteiger partial charge < -0.3 is 9.26 Å². The van der Waals surface area contributed by atoms with Crippen LogP contribution in [0.5, 0.6) is 11.5 Å². The second-order valence-corrected chi connectivity index (χ2v) is 5.67. The van der Waals surface area contributed by atoms with E-state index < -0.39 is 0 Å². The summed E-state index contributed by atoms with van der Waals surface area (Å²) in [6.45, 7) is 2.05. The third kappa shape index (κ3) is 2.72. The van der Waals surface area contributed by atoms with Crippen molar-refractivity contribution in [3.63, 3.8) is 0 Å². The first-order valence-corrected chi connectivity index (χ1v) is 7.46. The van der Waals surface area contributed by atoms with E-state index in [0.29, 0.717) is 11.7 Å². The Bertz CT molecular complexity index is 772. The standard InChI is InChI=1S/C18H16N2O2/c1-12-2-8-15(9-3-12)21-16-10-6-13(7-11-16)17-19-18(22-20-17)14-4-5-14/h2-3,6-11,14H,4-5H2,1H3. The van der Waals surface area contributed by atoms with Crippen LogP contribution in [0, 0.1) is 6.92 Å². The molecule has 0 bridgehead atoms. The molecule has 4 rings (SSSR count). The van der Waals surface area contributed by atoms with Gasteiger partial charge in [-0.05, 0) is 56.2 Å². The maximum atomic E-state index is 5.81.